The van der Waals surface area contributed by atoms with Crippen LogP contribution in [0.25, 0.3) is 0 Å². The van der Waals surface area contributed by atoms with Crippen LogP contribution in [0.4, 0.5) is 0 Å². The fourth-order valence-corrected chi connectivity index (χ4v) is 3.32. The minimum absolute atomic E-state index is 0.0558. The van der Waals surface area contributed by atoms with Crippen LogP contribution < -0.4 is 10.1 Å². The van der Waals surface area contributed by atoms with Crippen molar-refractivity contribution in [2.24, 2.45) is 0 Å². The number of carbonyl (C=O) groups excluding carboxylic acids is 1. The van der Waals surface area contributed by atoms with Gasteiger partial charge in [-0.2, -0.15) is 0 Å². The van der Waals surface area contributed by atoms with Gasteiger partial charge in [0, 0.05) is 17.9 Å². The molecule has 1 heterocycles. The molecule has 130 valence electrons. The topological polar surface area (TPSA) is 64.4 Å². The predicted octanol–water partition coefficient (Wildman–Crippen LogP) is 3.28. The zero-order valence-corrected chi connectivity index (χ0v) is 15.4. The monoisotopic (exact) mass is 348 g/mol. The number of nitrogens with one attached hydrogen (secondary N) is 1. The third kappa shape index (κ3) is 5.03. The van der Waals surface area contributed by atoms with Crippen LogP contribution >= 0.6 is 11.8 Å². The molecule has 0 saturated heterocycles. The Morgan fingerprint density at radius 2 is 2.04 bits per heavy atom. The van der Waals surface area contributed by atoms with Crippen molar-refractivity contribution in [3.63, 3.8) is 0 Å². The van der Waals surface area contributed by atoms with Crippen molar-refractivity contribution >= 4 is 17.7 Å². The number of nitrogens with zero attached hydrogens (tertiary/aromatic N) is 1. The number of hydrogen-bond acceptors (Lipinski definition) is 5. The second-order valence-corrected chi connectivity index (χ2v) is 6.97. The molecule has 0 aliphatic rings. The van der Waals surface area contributed by atoms with Gasteiger partial charge in [-0.1, -0.05) is 17.3 Å². The van der Waals surface area contributed by atoms with E-state index < -0.39 is 0 Å². The van der Waals surface area contributed by atoms with E-state index in [-0.39, 0.29) is 11.2 Å². The number of ether oxygens (including phenoxy) is 1. The number of amides is 1. The molecule has 1 amide bonds. The number of aromatic nitrogens is 1. The van der Waals surface area contributed by atoms with Crippen LogP contribution in [0, 0.1) is 13.8 Å². The molecule has 0 aliphatic carbocycles. The van der Waals surface area contributed by atoms with Crippen LogP contribution in [-0.4, -0.2) is 30.0 Å². The van der Waals surface area contributed by atoms with E-state index in [0.717, 1.165) is 34.9 Å². The molecule has 1 unspecified atom stereocenters. The fourth-order valence-electron chi connectivity index (χ4n) is 2.26. The highest BCUT2D eigenvalue weighted by atomic mass is 32.2. The summed E-state index contributed by atoms with van der Waals surface area (Å²) in [4.78, 5) is 12.2. The normalized spacial score (nSPS) is 12.0. The lowest BCUT2D eigenvalue weighted by Gasteiger charge is -2.12. The van der Waals surface area contributed by atoms with Crippen molar-refractivity contribution in [1.29, 1.82) is 0 Å². The molecule has 1 aromatic heterocycles. The Morgan fingerprint density at radius 1 is 1.33 bits per heavy atom. The Morgan fingerprint density at radius 3 is 2.62 bits per heavy atom. The highest BCUT2D eigenvalue weighted by Crippen LogP contribution is 2.22. The van der Waals surface area contributed by atoms with Gasteiger partial charge >= 0.3 is 0 Å². The maximum absolute atomic E-state index is 12.2. The van der Waals surface area contributed by atoms with Crippen molar-refractivity contribution in [1.82, 2.24) is 10.5 Å². The second kappa shape index (κ2) is 8.78. The number of benzene rings is 1. The molecule has 1 N–H and O–H groups in total. The fraction of sp³-hybridized carbons (Fsp3) is 0.444. The lowest BCUT2D eigenvalue weighted by molar-refractivity contribution is -0.120. The summed E-state index contributed by atoms with van der Waals surface area (Å²) < 4.78 is 10.3. The number of rotatable bonds is 8. The lowest BCUT2D eigenvalue weighted by atomic mass is 10.1. The van der Waals surface area contributed by atoms with Gasteiger partial charge in [-0.15, -0.1) is 11.8 Å². The zero-order valence-electron chi connectivity index (χ0n) is 14.6. The van der Waals surface area contributed by atoms with Gasteiger partial charge in [-0.05, 0) is 44.9 Å². The molecule has 0 radical (unpaired) electrons. The molecule has 24 heavy (non-hydrogen) atoms. The van der Waals surface area contributed by atoms with Gasteiger partial charge in [0.25, 0.3) is 0 Å². The maximum atomic E-state index is 12.2. The van der Waals surface area contributed by atoms with Gasteiger partial charge in [0.1, 0.15) is 11.5 Å². The van der Waals surface area contributed by atoms with Crippen molar-refractivity contribution in [2.45, 2.75) is 38.2 Å². The van der Waals surface area contributed by atoms with Gasteiger partial charge in [-0.3, -0.25) is 4.79 Å². The molecule has 1 atom stereocenters. The Hall–Kier alpha value is -1.95. The summed E-state index contributed by atoms with van der Waals surface area (Å²) in [7, 11) is 1.65. The SMILES string of the molecule is COc1ccc(CCNC(=O)C(C)SCc2c(C)noc2C)cc1. The van der Waals surface area contributed by atoms with Gasteiger partial charge < -0.3 is 14.6 Å². The van der Waals surface area contributed by atoms with E-state index in [2.05, 4.69) is 10.5 Å². The zero-order chi connectivity index (χ0) is 17.5. The number of aryl methyl sites for hydroxylation is 2. The van der Waals surface area contributed by atoms with Gasteiger partial charge in [0.15, 0.2) is 0 Å². The first kappa shape index (κ1) is 18.4. The third-order valence-electron chi connectivity index (χ3n) is 3.90. The largest absolute Gasteiger partial charge is 0.497 e. The molecule has 5 nitrogen and oxygen atoms in total. The van der Waals surface area contributed by atoms with Crippen LogP contribution in [0.2, 0.25) is 0 Å². The van der Waals surface area contributed by atoms with Crippen molar-refractivity contribution in [3.05, 3.63) is 46.8 Å². The van der Waals surface area contributed by atoms with Gasteiger partial charge in [0.2, 0.25) is 5.91 Å². The molecular formula is C18H24N2O3S. The Kier molecular flexibility index (Phi) is 6.73. The minimum atomic E-state index is -0.116. The van der Waals surface area contributed by atoms with Crippen LogP contribution in [0.5, 0.6) is 5.75 Å². The van der Waals surface area contributed by atoms with E-state index in [4.69, 9.17) is 9.26 Å². The average molecular weight is 348 g/mol. The molecule has 0 spiro atoms. The number of methoxy groups -OCH3 is 1. The first-order valence-electron chi connectivity index (χ1n) is 7.95. The molecule has 0 saturated carbocycles. The second-order valence-electron chi connectivity index (χ2n) is 5.65. The summed E-state index contributed by atoms with van der Waals surface area (Å²) in [6.07, 6.45) is 0.803. The van der Waals surface area contributed by atoms with E-state index in [1.54, 1.807) is 18.9 Å². The molecule has 0 aliphatic heterocycles. The van der Waals surface area contributed by atoms with Crippen molar-refractivity contribution in [2.75, 3.05) is 13.7 Å². The predicted molar refractivity (Wildman–Crippen MR) is 96.4 cm³/mol. The minimum Gasteiger partial charge on any atom is -0.497 e. The number of carbonyl (C=O) groups is 1. The highest BCUT2D eigenvalue weighted by molar-refractivity contribution is 7.99. The molecule has 1 aromatic carbocycles. The van der Waals surface area contributed by atoms with Crippen LogP contribution in [-0.2, 0) is 17.0 Å². The van der Waals surface area contributed by atoms with E-state index >= 15 is 0 Å². The Labute approximate surface area is 147 Å². The van der Waals surface area contributed by atoms with Crippen molar-refractivity contribution in [3.8, 4) is 5.75 Å². The maximum Gasteiger partial charge on any atom is 0.232 e. The van der Waals surface area contributed by atoms with Crippen molar-refractivity contribution < 1.29 is 14.1 Å². The van der Waals surface area contributed by atoms with E-state index in [1.807, 2.05) is 45.0 Å². The first-order chi connectivity index (χ1) is 11.5. The summed E-state index contributed by atoms with van der Waals surface area (Å²) in [6, 6.07) is 7.89. The van der Waals surface area contributed by atoms with Gasteiger partial charge in [-0.25, -0.2) is 0 Å². The number of thioether (sulfide) groups is 1. The van der Waals surface area contributed by atoms with Gasteiger partial charge in [0.05, 0.1) is 18.1 Å². The Balaban J connectivity index is 1.73. The summed E-state index contributed by atoms with van der Waals surface area (Å²) in [6.45, 7) is 6.37. The lowest BCUT2D eigenvalue weighted by Crippen LogP contribution is -2.32. The molecule has 2 aromatic rings. The quantitative estimate of drug-likeness (QED) is 0.793. The van der Waals surface area contributed by atoms with Crippen LogP contribution in [0.3, 0.4) is 0 Å². The van der Waals surface area contributed by atoms with Crippen LogP contribution in [0.1, 0.15) is 29.5 Å². The highest BCUT2D eigenvalue weighted by Gasteiger charge is 2.16. The third-order valence-corrected chi connectivity index (χ3v) is 5.07. The molecular weight excluding hydrogens is 324 g/mol. The van der Waals surface area contributed by atoms with E-state index in [1.165, 1.54) is 5.56 Å². The van der Waals surface area contributed by atoms with E-state index in [0.29, 0.717) is 6.54 Å². The van der Waals surface area contributed by atoms with Crippen LogP contribution in [0.15, 0.2) is 28.8 Å². The molecule has 0 bridgehead atoms. The average Bonchev–Trinajstić information content (AvgIpc) is 2.91. The molecule has 2 rings (SSSR count). The summed E-state index contributed by atoms with van der Waals surface area (Å²) in [5.41, 5.74) is 3.15. The summed E-state index contributed by atoms with van der Waals surface area (Å²) >= 11 is 1.59. The summed E-state index contributed by atoms with van der Waals surface area (Å²) in [5, 5.41) is 6.81. The smallest absolute Gasteiger partial charge is 0.232 e. The van der Waals surface area contributed by atoms with E-state index in [9.17, 15) is 4.79 Å². The molecule has 0 fully saturated rings. The Bertz CT molecular complexity index is 648. The summed E-state index contributed by atoms with van der Waals surface area (Å²) in [5.74, 6) is 2.45. The standard InChI is InChI=1S/C18H24N2O3S/c1-12-17(13(2)23-20-12)11-24-14(3)18(21)19-10-9-15-5-7-16(22-4)8-6-15/h5-8,14H,9-11H2,1-4H3,(H,19,21). The number of hydrogen-bond donors (Lipinski definition) is 1. The molecule has 6 heteroatoms. The first-order valence-corrected chi connectivity index (χ1v) is 9.00.